The van der Waals surface area contributed by atoms with Crippen LogP contribution in [0.5, 0.6) is 11.5 Å². The van der Waals surface area contributed by atoms with Gasteiger partial charge in [-0.2, -0.15) is 0 Å². The van der Waals surface area contributed by atoms with Gasteiger partial charge in [0.05, 0.1) is 12.1 Å². The van der Waals surface area contributed by atoms with E-state index in [2.05, 4.69) is 5.32 Å². The lowest BCUT2D eigenvalue weighted by atomic mass is 10.0. The van der Waals surface area contributed by atoms with E-state index in [0.717, 1.165) is 22.6 Å². The molecule has 2 aromatic carbocycles. The van der Waals surface area contributed by atoms with E-state index in [0.29, 0.717) is 5.75 Å². The van der Waals surface area contributed by atoms with Crippen LogP contribution in [-0.2, 0) is 0 Å². The first kappa shape index (κ1) is 15.2. The Bertz CT molecular complexity index is 591. The minimum absolute atomic E-state index is 0.0301. The Morgan fingerprint density at radius 1 is 1.00 bits per heavy atom. The number of aromatic hydroxyl groups is 1. The minimum Gasteiger partial charge on any atom is -0.508 e. The molecule has 3 nitrogen and oxygen atoms in total. The van der Waals surface area contributed by atoms with Crippen molar-refractivity contribution in [3.05, 3.63) is 53.6 Å². The molecule has 0 aliphatic carbocycles. The highest BCUT2D eigenvalue weighted by Crippen LogP contribution is 2.28. The van der Waals surface area contributed by atoms with Crippen molar-refractivity contribution in [2.45, 2.75) is 39.8 Å². The predicted molar refractivity (Wildman–Crippen MR) is 87.1 cm³/mol. The van der Waals surface area contributed by atoms with Crippen LogP contribution in [0.1, 0.15) is 37.9 Å². The van der Waals surface area contributed by atoms with Crippen LogP contribution in [0.15, 0.2) is 42.5 Å². The number of benzene rings is 2. The number of ether oxygens (including phenoxy) is 1. The number of rotatable bonds is 5. The van der Waals surface area contributed by atoms with Gasteiger partial charge in [0.1, 0.15) is 11.5 Å². The molecule has 0 saturated carbocycles. The van der Waals surface area contributed by atoms with Gasteiger partial charge in [0.25, 0.3) is 0 Å². The maximum atomic E-state index is 10.0. The Balaban J connectivity index is 2.06. The predicted octanol–water partition coefficient (Wildman–Crippen LogP) is 4.66. The van der Waals surface area contributed by atoms with Gasteiger partial charge in [-0.05, 0) is 63.6 Å². The summed E-state index contributed by atoms with van der Waals surface area (Å²) in [4.78, 5) is 0. The van der Waals surface area contributed by atoms with Crippen molar-refractivity contribution in [1.29, 1.82) is 0 Å². The average molecular weight is 285 g/mol. The molecule has 0 amide bonds. The molecule has 0 radical (unpaired) electrons. The van der Waals surface area contributed by atoms with Crippen molar-refractivity contribution in [2.75, 3.05) is 5.32 Å². The smallest absolute Gasteiger partial charge is 0.121 e. The third-order valence-electron chi connectivity index (χ3n) is 3.26. The molecule has 1 unspecified atom stereocenters. The Kier molecular flexibility index (Phi) is 4.73. The standard InChI is InChI=1S/C18H23NO2/c1-12(2)21-16-8-6-15(7-9-16)19-14(4)17-10-5-13(3)11-18(17)20/h5-12,14,19-20H,1-4H3. The van der Waals surface area contributed by atoms with E-state index in [9.17, 15) is 5.11 Å². The molecule has 2 aromatic rings. The van der Waals surface area contributed by atoms with Crippen LogP contribution in [0.3, 0.4) is 0 Å². The van der Waals surface area contributed by atoms with Crippen LogP contribution in [0.25, 0.3) is 0 Å². The van der Waals surface area contributed by atoms with Crippen molar-refractivity contribution in [3.63, 3.8) is 0 Å². The third kappa shape index (κ3) is 4.15. The fraction of sp³-hybridized carbons (Fsp3) is 0.333. The van der Waals surface area contributed by atoms with Crippen LogP contribution in [0, 0.1) is 6.92 Å². The molecule has 1 atom stereocenters. The summed E-state index contributed by atoms with van der Waals surface area (Å²) in [7, 11) is 0. The number of aryl methyl sites for hydroxylation is 1. The minimum atomic E-state index is 0.0301. The van der Waals surface area contributed by atoms with Gasteiger partial charge in [-0.25, -0.2) is 0 Å². The van der Waals surface area contributed by atoms with Crippen molar-refractivity contribution in [2.24, 2.45) is 0 Å². The quantitative estimate of drug-likeness (QED) is 0.839. The van der Waals surface area contributed by atoms with Crippen LogP contribution < -0.4 is 10.1 Å². The van der Waals surface area contributed by atoms with Gasteiger partial charge >= 0.3 is 0 Å². The second-order valence-electron chi connectivity index (χ2n) is 5.62. The highest BCUT2D eigenvalue weighted by molar-refractivity contribution is 5.50. The number of nitrogens with one attached hydrogen (secondary N) is 1. The molecule has 2 rings (SSSR count). The Labute approximate surface area is 126 Å². The van der Waals surface area contributed by atoms with Crippen molar-refractivity contribution >= 4 is 5.69 Å². The number of phenolic OH excluding ortho intramolecular Hbond substituents is 1. The zero-order valence-corrected chi connectivity index (χ0v) is 13.1. The van der Waals surface area contributed by atoms with Crippen molar-refractivity contribution < 1.29 is 9.84 Å². The molecule has 0 aliphatic heterocycles. The van der Waals surface area contributed by atoms with Gasteiger partial charge in [-0.15, -0.1) is 0 Å². The zero-order valence-electron chi connectivity index (χ0n) is 13.1. The van der Waals surface area contributed by atoms with Crippen molar-refractivity contribution in [3.8, 4) is 11.5 Å². The molecule has 2 N–H and O–H groups in total. The van der Waals surface area contributed by atoms with E-state index in [-0.39, 0.29) is 12.1 Å². The van der Waals surface area contributed by atoms with Crippen molar-refractivity contribution in [1.82, 2.24) is 0 Å². The molecule has 0 aliphatic rings. The summed E-state index contributed by atoms with van der Waals surface area (Å²) in [6.07, 6.45) is 0.173. The Morgan fingerprint density at radius 3 is 2.24 bits per heavy atom. The number of anilines is 1. The molecule has 3 heteroatoms. The van der Waals surface area contributed by atoms with E-state index in [1.165, 1.54) is 0 Å². The lowest BCUT2D eigenvalue weighted by Crippen LogP contribution is -2.08. The first-order chi connectivity index (χ1) is 9.95. The maximum Gasteiger partial charge on any atom is 0.121 e. The maximum absolute atomic E-state index is 10.0. The largest absolute Gasteiger partial charge is 0.508 e. The highest BCUT2D eigenvalue weighted by Gasteiger charge is 2.10. The molecule has 112 valence electrons. The third-order valence-corrected chi connectivity index (χ3v) is 3.26. The van der Waals surface area contributed by atoms with Gasteiger partial charge in [-0.3, -0.25) is 0 Å². The molecular weight excluding hydrogens is 262 g/mol. The van der Waals surface area contributed by atoms with Gasteiger partial charge < -0.3 is 15.2 Å². The number of hydrogen-bond acceptors (Lipinski definition) is 3. The van der Waals surface area contributed by atoms with Gasteiger partial charge in [-0.1, -0.05) is 12.1 Å². The second kappa shape index (κ2) is 6.53. The summed E-state index contributed by atoms with van der Waals surface area (Å²) < 4.78 is 5.62. The molecule has 21 heavy (non-hydrogen) atoms. The summed E-state index contributed by atoms with van der Waals surface area (Å²) in [5, 5.41) is 13.4. The first-order valence-electron chi connectivity index (χ1n) is 7.28. The van der Waals surface area contributed by atoms with Crippen LogP contribution >= 0.6 is 0 Å². The fourth-order valence-electron chi connectivity index (χ4n) is 2.25. The van der Waals surface area contributed by atoms with Gasteiger partial charge in [0.15, 0.2) is 0 Å². The lowest BCUT2D eigenvalue weighted by molar-refractivity contribution is 0.242. The Morgan fingerprint density at radius 2 is 1.67 bits per heavy atom. The summed E-state index contributed by atoms with van der Waals surface area (Å²) in [5.41, 5.74) is 2.94. The molecule has 0 aromatic heterocycles. The van der Waals surface area contributed by atoms with Gasteiger partial charge in [0.2, 0.25) is 0 Å². The van der Waals surface area contributed by atoms with Crippen LogP contribution in [0.4, 0.5) is 5.69 Å². The first-order valence-corrected chi connectivity index (χ1v) is 7.28. The van der Waals surface area contributed by atoms with Crippen LogP contribution in [0.2, 0.25) is 0 Å². The molecule has 0 fully saturated rings. The summed E-state index contributed by atoms with van der Waals surface area (Å²) in [5.74, 6) is 1.19. The van der Waals surface area contributed by atoms with E-state index < -0.39 is 0 Å². The normalized spacial score (nSPS) is 12.2. The van der Waals surface area contributed by atoms with E-state index in [1.807, 2.05) is 64.1 Å². The SMILES string of the molecule is Cc1ccc(C(C)Nc2ccc(OC(C)C)cc2)c(O)c1. The fourth-order valence-corrected chi connectivity index (χ4v) is 2.25. The van der Waals surface area contributed by atoms with E-state index >= 15 is 0 Å². The van der Waals surface area contributed by atoms with Gasteiger partial charge in [0, 0.05) is 11.3 Å². The monoisotopic (exact) mass is 285 g/mol. The number of hydrogen-bond donors (Lipinski definition) is 2. The molecule has 0 spiro atoms. The van der Waals surface area contributed by atoms with E-state index in [4.69, 9.17) is 4.74 Å². The van der Waals surface area contributed by atoms with Crippen LogP contribution in [-0.4, -0.2) is 11.2 Å². The summed E-state index contributed by atoms with van der Waals surface area (Å²) in [6.45, 7) is 8.01. The van der Waals surface area contributed by atoms with E-state index in [1.54, 1.807) is 6.07 Å². The topological polar surface area (TPSA) is 41.5 Å². The average Bonchev–Trinajstić information content (AvgIpc) is 2.40. The highest BCUT2D eigenvalue weighted by atomic mass is 16.5. The Hall–Kier alpha value is -2.16. The summed E-state index contributed by atoms with van der Waals surface area (Å²) >= 11 is 0. The second-order valence-corrected chi connectivity index (χ2v) is 5.62. The molecule has 0 heterocycles. The molecule has 0 bridgehead atoms. The zero-order chi connectivity index (χ0) is 15.4. The molecule has 0 saturated heterocycles. The molecular formula is C18H23NO2. The number of phenols is 1. The summed E-state index contributed by atoms with van der Waals surface area (Å²) in [6, 6.07) is 13.6. The lowest BCUT2D eigenvalue weighted by Gasteiger charge is -2.18.